The topological polar surface area (TPSA) is 67.8 Å². The Morgan fingerprint density at radius 1 is 0.875 bits per heavy atom. The molecule has 0 spiro atoms. The van der Waals surface area contributed by atoms with Gasteiger partial charge in [-0.1, -0.05) is 24.3 Å². The first kappa shape index (κ1) is 14.5. The van der Waals surface area contributed by atoms with E-state index in [0.717, 1.165) is 17.4 Å². The molecule has 5 nitrogen and oxygen atoms in total. The van der Waals surface area contributed by atoms with Gasteiger partial charge in [-0.15, -0.1) is 0 Å². The van der Waals surface area contributed by atoms with E-state index < -0.39 is 0 Å². The molecule has 2 heterocycles. The fourth-order valence-electron chi connectivity index (χ4n) is 2.54. The summed E-state index contributed by atoms with van der Waals surface area (Å²) in [6.07, 6.45) is 8.88. The number of anilines is 2. The zero-order valence-electron chi connectivity index (χ0n) is 13.0. The van der Waals surface area contributed by atoms with Gasteiger partial charge in [0.05, 0.1) is 0 Å². The number of pyridine rings is 1. The maximum Gasteiger partial charge on any atom is 0.228 e. The van der Waals surface area contributed by atoms with Crippen LogP contribution in [0.4, 0.5) is 11.8 Å². The van der Waals surface area contributed by atoms with Crippen LogP contribution in [0.15, 0.2) is 55.0 Å². The molecule has 0 saturated heterocycles. The van der Waals surface area contributed by atoms with Crippen LogP contribution in [0.3, 0.4) is 0 Å². The van der Waals surface area contributed by atoms with E-state index in [1.165, 1.54) is 18.4 Å². The molecule has 118 valence electrons. The summed E-state index contributed by atoms with van der Waals surface area (Å²) in [6, 6.07) is 11.3. The van der Waals surface area contributed by atoms with Crippen LogP contribution in [-0.2, 0) is 0 Å². The molecule has 4 rings (SSSR count). The highest BCUT2D eigenvalue weighted by molar-refractivity contribution is 5.76. The quantitative estimate of drug-likeness (QED) is 0.721. The van der Waals surface area contributed by atoms with Crippen LogP contribution in [0.2, 0.25) is 0 Å². The minimum absolute atomic E-state index is 0.551. The van der Waals surface area contributed by atoms with E-state index in [1.807, 2.05) is 36.7 Å². The summed E-state index contributed by atoms with van der Waals surface area (Å²) in [5.74, 6) is 1.90. The molecular weight excluding hydrogens is 300 g/mol. The predicted octanol–water partition coefficient (Wildman–Crippen LogP) is 3.97. The van der Waals surface area contributed by atoms with Crippen LogP contribution in [-0.4, -0.2) is 21.2 Å². The summed E-state index contributed by atoms with van der Waals surface area (Å²) in [7, 11) is 0. The van der Waals surface area contributed by atoms with Gasteiger partial charge in [-0.2, -0.15) is 0 Å². The lowest BCUT2D eigenvalue weighted by atomic mass is 10.1. The summed E-state index contributed by atoms with van der Waals surface area (Å²) in [6.45, 7) is 0. The van der Waals surface area contributed by atoms with Crippen molar-refractivity contribution in [1.29, 1.82) is 0 Å². The van der Waals surface area contributed by atoms with Gasteiger partial charge in [0.1, 0.15) is 12.1 Å². The molecule has 1 aliphatic carbocycles. The third-order valence-corrected chi connectivity index (χ3v) is 4.10. The van der Waals surface area contributed by atoms with E-state index in [1.54, 1.807) is 18.3 Å². The largest absolute Gasteiger partial charge is 0.309 e. The minimum Gasteiger partial charge on any atom is -0.309 e. The van der Waals surface area contributed by atoms with E-state index in [2.05, 4.69) is 20.3 Å². The molecule has 1 fully saturated rings. The SMILES string of the molecule is O=Cc1ccc(-c2ccc(Nc3ncc(C4CC4)cn3)nc2)cc1. The first-order valence-corrected chi connectivity index (χ1v) is 7.92. The van der Waals surface area contributed by atoms with Crippen LogP contribution in [0.5, 0.6) is 0 Å². The van der Waals surface area contributed by atoms with Gasteiger partial charge < -0.3 is 5.32 Å². The van der Waals surface area contributed by atoms with Gasteiger partial charge in [0, 0.05) is 29.7 Å². The van der Waals surface area contributed by atoms with Crippen LogP contribution in [0.1, 0.15) is 34.7 Å². The van der Waals surface area contributed by atoms with Crippen molar-refractivity contribution in [2.75, 3.05) is 5.32 Å². The first-order chi connectivity index (χ1) is 11.8. The molecule has 1 saturated carbocycles. The summed E-state index contributed by atoms with van der Waals surface area (Å²) in [5.41, 5.74) is 3.88. The summed E-state index contributed by atoms with van der Waals surface area (Å²) in [5, 5.41) is 3.11. The number of nitrogens with one attached hydrogen (secondary N) is 1. The monoisotopic (exact) mass is 316 g/mol. The second-order valence-corrected chi connectivity index (χ2v) is 5.91. The number of benzene rings is 1. The molecule has 2 aromatic heterocycles. The maximum atomic E-state index is 10.7. The average molecular weight is 316 g/mol. The van der Waals surface area contributed by atoms with E-state index in [9.17, 15) is 4.79 Å². The van der Waals surface area contributed by atoms with E-state index >= 15 is 0 Å². The summed E-state index contributed by atoms with van der Waals surface area (Å²) >= 11 is 0. The highest BCUT2D eigenvalue weighted by Crippen LogP contribution is 2.39. The van der Waals surface area contributed by atoms with Crippen molar-refractivity contribution in [1.82, 2.24) is 15.0 Å². The van der Waals surface area contributed by atoms with Gasteiger partial charge in [-0.05, 0) is 42.0 Å². The van der Waals surface area contributed by atoms with E-state index in [0.29, 0.717) is 23.2 Å². The van der Waals surface area contributed by atoms with Crippen molar-refractivity contribution in [3.63, 3.8) is 0 Å². The Kier molecular flexibility index (Phi) is 3.75. The smallest absolute Gasteiger partial charge is 0.228 e. The third kappa shape index (κ3) is 3.15. The molecule has 0 atom stereocenters. The predicted molar refractivity (Wildman–Crippen MR) is 92.4 cm³/mol. The fourth-order valence-corrected chi connectivity index (χ4v) is 2.54. The van der Waals surface area contributed by atoms with Crippen LogP contribution >= 0.6 is 0 Å². The van der Waals surface area contributed by atoms with Crippen molar-refractivity contribution >= 4 is 18.1 Å². The Hall–Kier alpha value is -3.08. The molecule has 1 N–H and O–H groups in total. The molecule has 0 amide bonds. The number of carbonyl (C=O) groups excluding carboxylic acids is 1. The summed E-state index contributed by atoms with van der Waals surface area (Å²) < 4.78 is 0. The number of hydrogen-bond donors (Lipinski definition) is 1. The van der Waals surface area contributed by atoms with Gasteiger partial charge in [0.15, 0.2) is 0 Å². The van der Waals surface area contributed by atoms with Crippen molar-refractivity contribution in [2.45, 2.75) is 18.8 Å². The van der Waals surface area contributed by atoms with Gasteiger partial charge in [0.2, 0.25) is 5.95 Å². The molecular formula is C19H16N4O. The molecule has 5 heteroatoms. The Balaban J connectivity index is 1.47. The van der Waals surface area contributed by atoms with Crippen molar-refractivity contribution < 1.29 is 4.79 Å². The summed E-state index contributed by atoms with van der Waals surface area (Å²) in [4.78, 5) is 23.8. The van der Waals surface area contributed by atoms with E-state index in [-0.39, 0.29) is 0 Å². The van der Waals surface area contributed by atoms with Crippen molar-refractivity contribution in [3.8, 4) is 11.1 Å². The lowest BCUT2D eigenvalue weighted by Gasteiger charge is -2.06. The minimum atomic E-state index is 0.551. The lowest BCUT2D eigenvalue weighted by molar-refractivity contribution is 0.112. The third-order valence-electron chi connectivity index (χ3n) is 4.10. The Morgan fingerprint density at radius 3 is 2.17 bits per heavy atom. The Bertz CT molecular complexity index is 838. The zero-order chi connectivity index (χ0) is 16.4. The highest BCUT2D eigenvalue weighted by Gasteiger charge is 2.23. The number of nitrogens with zero attached hydrogens (tertiary/aromatic N) is 3. The van der Waals surface area contributed by atoms with Gasteiger partial charge in [0.25, 0.3) is 0 Å². The molecule has 1 aromatic carbocycles. The maximum absolute atomic E-state index is 10.7. The Morgan fingerprint density at radius 2 is 1.58 bits per heavy atom. The van der Waals surface area contributed by atoms with Crippen molar-refractivity contribution in [2.24, 2.45) is 0 Å². The van der Waals surface area contributed by atoms with Gasteiger partial charge in [-0.3, -0.25) is 4.79 Å². The second-order valence-electron chi connectivity index (χ2n) is 5.91. The molecule has 0 unspecified atom stereocenters. The van der Waals surface area contributed by atoms with Gasteiger partial charge >= 0.3 is 0 Å². The van der Waals surface area contributed by atoms with E-state index in [4.69, 9.17) is 0 Å². The number of aldehydes is 1. The Labute approximate surface area is 139 Å². The number of aromatic nitrogens is 3. The van der Waals surface area contributed by atoms with Crippen molar-refractivity contribution in [3.05, 3.63) is 66.1 Å². The van der Waals surface area contributed by atoms with Crippen LogP contribution in [0, 0.1) is 0 Å². The highest BCUT2D eigenvalue weighted by atomic mass is 16.1. The molecule has 24 heavy (non-hydrogen) atoms. The standard InChI is InChI=1S/C19H16N4O/c24-12-13-1-3-14(4-2-13)16-7-8-18(20-9-16)23-19-21-10-17(11-22-19)15-5-6-15/h1-4,7-12,15H,5-6H2,(H,20,21,22,23). The zero-order valence-corrected chi connectivity index (χ0v) is 13.0. The molecule has 0 aliphatic heterocycles. The average Bonchev–Trinajstić information content (AvgIpc) is 3.48. The van der Waals surface area contributed by atoms with Crippen LogP contribution < -0.4 is 5.32 Å². The normalized spacial score (nSPS) is 13.5. The first-order valence-electron chi connectivity index (χ1n) is 7.92. The molecule has 0 radical (unpaired) electrons. The lowest BCUT2D eigenvalue weighted by Crippen LogP contribution is -1.99. The number of rotatable bonds is 5. The number of hydrogen-bond acceptors (Lipinski definition) is 5. The number of carbonyl (C=O) groups is 1. The second kappa shape index (κ2) is 6.20. The molecule has 3 aromatic rings. The molecule has 0 bridgehead atoms. The van der Waals surface area contributed by atoms with Crippen LogP contribution in [0.25, 0.3) is 11.1 Å². The molecule has 1 aliphatic rings. The van der Waals surface area contributed by atoms with Gasteiger partial charge in [-0.25, -0.2) is 15.0 Å². The fraction of sp³-hybridized carbons (Fsp3) is 0.158.